The van der Waals surface area contributed by atoms with Crippen molar-refractivity contribution >= 4 is 23.2 Å². The molecule has 2 amide bonds. The molecular weight excluding hydrogens is 412 g/mol. The van der Waals surface area contributed by atoms with E-state index in [0.717, 1.165) is 16.0 Å². The molecule has 4 aromatic rings. The van der Waals surface area contributed by atoms with Crippen molar-refractivity contribution in [3.05, 3.63) is 88.1 Å². The predicted molar refractivity (Wildman–Crippen MR) is 117 cm³/mol. The van der Waals surface area contributed by atoms with Gasteiger partial charge in [-0.25, -0.2) is 0 Å². The third-order valence-corrected chi connectivity index (χ3v) is 5.46. The summed E-state index contributed by atoms with van der Waals surface area (Å²) in [6.45, 7) is 0.432. The van der Waals surface area contributed by atoms with E-state index in [2.05, 4.69) is 26.3 Å². The molecule has 0 saturated carbocycles. The number of tetrazole rings is 1. The van der Waals surface area contributed by atoms with Gasteiger partial charge in [-0.2, -0.15) is 4.80 Å². The zero-order valence-corrected chi connectivity index (χ0v) is 17.4. The van der Waals surface area contributed by atoms with Gasteiger partial charge in [0.25, 0.3) is 5.91 Å². The number of nitrogens with one attached hydrogen (secondary N) is 2. The Labute approximate surface area is 182 Å². The third kappa shape index (κ3) is 5.61. The molecule has 2 N–H and O–H groups in total. The van der Waals surface area contributed by atoms with Gasteiger partial charge in [0.2, 0.25) is 11.7 Å². The number of thiophene rings is 1. The van der Waals surface area contributed by atoms with Crippen molar-refractivity contribution in [3.8, 4) is 11.4 Å². The number of hydrogen-bond donors (Lipinski definition) is 2. The third-order valence-electron chi connectivity index (χ3n) is 4.52. The van der Waals surface area contributed by atoms with Crippen LogP contribution in [-0.4, -0.2) is 32.0 Å². The fraction of sp³-hybridized carbons (Fsp3) is 0.136. The zero-order valence-electron chi connectivity index (χ0n) is 16.6. The maximum Gasteiger partial charge on any atom is 0.269 e. The Morgan fingerprint density at radius 3 is 2.48 bits per heavy atom. The van der Waals surface area contributed by atoms with E-state index >= 15 is 0 Å². The van der Waals surface area contributed by atoms with Crippen molar-refractivity contribution in [2.75, 3.05) is 0 Å². The normalized spacial score (nSPS) is 10.6. The van der Waals surface area contributed by atoms with E-state index in [1.165, 1.54) is 4.80 Å². The second-order valence-electron chi connectivity index (χ2n) is 6.79. The number of amides is 2. The zero-order chi connectivity index (χ0) is 21.5. The van der Waals surface area contributed by atoms with Crippen molar-refractivity contribution in [1.82, 2.24) is 31.1 Å². The highest BCUT2D eigenvalue weighted by atomic mass is 32.1. The highest BCUT2D eigenvalue weighted by Crippen LogP contribution is 2.13. The fourth-order valence-electron chi connectivity index (χ4n) is 2.89. The highest BCUT2D eigenvalue weighted by molar-refractivity contribution is 7.09. The molecule has 8 nitrogen and oxygen atoms in total. The van der Waals surface area contributed by atoms with Crippen LogP contribution in [0.15, 0.2) is 72.1 Å². The Kier molecular flexibility index (Phi) is 6.44. The molecule has 0 bridgehead atoms. The van der Waals surface area contributed by atoms with Crippen LogP contribution >= 0.6 is 11.3 Å². The summed E-state index contributed by atoms with van der Waals surface area (Å²) in [5, 5.41) is 14.5. The molecule has 0 aliphatic carbocycles. The van der Waals surface area contributed by atoms with E-state index in [1.54, 1.807) is 23.5 Å². The summed E-state index contributed by atoms with van der Waals surface area (Å²) < 4.78 is 0. The summed E-state index contributed by atoms with van der Waals surface area (Å²) in [4.78, 5) is 26.8. The van der Waals surface area contributed by atoms with Gasteiger partial charge in [-0.15, -0.1) is 21.5 Å². The van der Waals surface area contributed by atoms with Crippen LogP contribution in [0, 0.1) is 0 Å². The minimum atomic E-state index is -0.374. The molecule has 2 aromatic heterocycles. The quantitative estimate of drug-likeness (QED) is 0.437. The van der Waals surface area contributed by atoms with Crippen LogP contribution in [0.5, 0.6) is 0 Å². The van der Waals surface area contributed by atoms with Gasteiger partial charge in [0.15, 0.2) is 0 Å². The van der Waals surface area contributed by atoms with Crippen LogP contribution in [0.2, 0.25) is 0 Å². The average Bonchev–Trinajstić information content (AvgIpc) is 3.49. The molecular formula is C22H20N6O2S. The van der Waals surface area contributed by atoms with Gasteiger partial charge in [0, 0.05) is 22.4 Å². The number of carbonyl (C=O) groups is 2. The maximum atomic E-state index is 12.2. The first-order chi connectivity index (χ1) is 15.2. The minimum absolute atomic E-state index is 0.232. The minimum Gasteiger partial charge on any atom is -0.273 e. The lowest BCUT2D eigenvalue weighted by molar-refractivity contribution is -0.121. The number of rotatable bonds is 7. The van der Waals surface area contributed by atoms with E-state index in [9.17, 15) is 9.59 Å². The van der Waals surface area contributed by atoms with Crippen LogP contribution in [0.1, 0.15) is 27.2 Å². The molecule has 9 heteroatoms. The molecule has 0 fully saturated rings. The topological polar surface area (TPSA) is 102 Å². The first kappa shape index (κ1) is 20.4. The second-order valence-corrected chi connectivity index (χ2v) is 7.82. The Balaban J connectivity index is 1.27. The summed E-state index contributed by atoms with van der Waals surface area (Å²) in [6, 6.07) is 20.6. The molecule has 0 radical (unpaired) electrons. The van der Waals surface area contributed by atoms with E-state index in [0.29, 0.717) is 30.8 Å². The Hall–Kier alpha value is -3.85. The number of nitrogens with zero attached hydrogens (tertiary/aromatic N) is 4. The highest BCUT2D eigenvalue weighted by Gasteiger charge is 2.09. The van der Waals surface area contributed by atoms with Crippen LogP contribution in [0.3, 0.4) is 0 Å². The number of aryl methyl sites for hydroxylation is 1. The van der Waals surface area contributed by atoms with Crippen LogP contribution in [-0.2, 0) is 17.8 Å². The number of aromatic nitrogens is 4. The lowest BCUT2D eigenvalue weighted by atomic mass is 10.1. The van der Waals surface area contributed by atoms with E-state index < -0.39 is 0 Å². The lowest BCUT2D eigenvalue weighted by Gasteiger charge is -2.08. The first-order valence-corrected chi connectivity index (χ1v) is 10.6. The lowest BCUT2D eigenvalue weighted by Crippen LogP contribution is -2.41. The van der Waals surface area contributed by atoms with Gasteiger partial charge in [-0.3, -0.25) is 20.4 Å². The summed E-state index contributed by atoms with van der Waals surface area (Å²) >= 11 is 1.61. The van der Waals surface area contributed by atoms with Crippen molar-refractivity contribution in [2.45, 2.75) is 19.4 Å². The van der Waals surface area contributed by atoms with Gasteiger partial charge in [0.1, 0.15) is 0 Å². The largest absolute Gasteiger partial charge is 0.273 e. The number of carbonyl (C=O) groups excluding carboxylic acids is 2. The van der Waals surface area contributed by atoms with Crippen molar-refractivity contribution in [2.24, 2.45) is 0 Å². The summed E-state index contributed by atoms with van der Waals surface area (Å²) in [7, 11) is 0. The van der Waals surface area contributed by atoms with Crippen molar-refractivity contribution in [3.63, 3.8) is 0 Å². The van der Waals surface area contributed by atoms with Gasteiger partial charge >= 0.3 is 0 Å². The number of hydrazine groups is 1. The Morgan fingerprint density at radius 2 is 1.74 bits per heavy atom. The second kappa shape index (κ2) is 9.77. The summed E-state index contributed by atoms with van der Waals surface area (Å²) in [5.41, 5.74) is 7.16. The van der Waals surface area contributed by atoms with Crippen LogP contribution in [0.4, 0.5) is 0 Å². The molecule has 2 heterocycles. The van der Waals surface area contributed by atoms with E-state index in [4.69, 9.17) is 0 Å². The molecule has 0 spiro atoms. The molecule has 2 aromatic carbocycles. The molecule has 0 saturated heterocycles. The van der Waals surface area contributed by atoms with Gasteiger partial charge < -0.3 is 0 Å². The van der Waals surface area contributed by atoms with Crippen LogP contribution < -0.4 is 10.9 Å². The van der Waals surface area contributed by atoms with Gasteiger partial charge in [-0.05, 0) is 40.8 Å². The van der Waals surface area contributed by atoms with E-state index in [-0.39, 0.29) is 11.8 Å². The molecule has 0 atom stereocenters. The fourth-order valence-corrected chi connectivity index (χ4v) is 3.60. The molecule has 0 unspecified atom stereocenters. The van der Waals surface area contributed by atoms with Crippen molar-refractivity contribution in [1.29, 1.82) is 0 Å². The molecule has 31 heavy (non-hydrogen) atoms. The molecule has 156 valence electrons. The standard InChI is InChI=1S/C22H20N6O2S/c29-20(13-12-19-7-4-14-31-19)23-25-22(30)18-10-8-16(9-11-18)15-28-26-21(24-27-28)17-5-2-1-3-6-17/h1-11,14H,12-13,15H2,(H,23,29)(H,25,30). The smallest absolute Gasteiger partial charge is 0.269 e. The Morgan fingerprint density at radius 1 is 0.935 bits per heavy atom. The average molecular weight is 433 g/mol. The molecule has 4 rings (SSSR count). The maximum absolute atomic E-state index is 12.2. The van der Waals surface area contributed by atoms with Gasteiger partial charge in [-0.1, -0.05) is 48.5 Å². The number of hydrogen-bond acceptors (Lipinski definition) is 6. The molecule has 0 aliphatic heterocycles. The summed E-state index contributed by atoms with van der Waals surface area (Å²) in [6.07, 6.45) is 0.964. The Bertz CT molecular complexity index is 1140. The van der Waals surface area contributed by atoms with Crippen molar-refractivity contribution < 1.29 is 9.59 Å². The van der Waals surface area contributed by atoms with Gasteiger partial charge in [0.05, 0.1) is 6.54 Å². The number of benzene rings is 2. The molecule has 0 aliphatic rings. The SMILES string of the molecule is O=C(CCc1cccs1)NNC(=O)c1ccc(Cn2nnc(-c3ccccc3)n2)cc1. The van der Waals surface area contributed by atoms with Crippen LogP contribution in [0.25, 0.3) is 11.4 Å². The first-order valence-electron chi connectivity index (χ1n) is 9.71. The summed E-state index contributed by atoms with van der Waals surface area (Å²) in [5.74, 6) is -0.0440. The van der Waals surface area contributed by atoms with E-state index in [1.807, 2.05) is 60.0 Å². The predicted octanol–water partition coefficient (Wildman–Crippen LogP) is 2.84. The monoisotopic (exact) mass is 432 g/mol.